The molecule has 9 heteroatoms. The van der Waals surface area contributed by atoms with E-state index >= 15 is 0 Å². The molecule has 0 spiro atoms. The summed E-state index contributed by atoms with van der Waals surface area (Å²) in [5.41, 5.74) is 3.40. The van der Waals surface area contributed by atoms with Gasteiger partial charge in [0.05, 0.1) is 18.1 Å². The van der Waals surface area contributed by atoms with E-state index in [0.29, 0.717) is 6.54 Å². The minimum Gasteiger partial charge on any atom is -0.369 e. The fourth-order valence-electron chi connectivity index (χ4n) is 6.63. The number of rotatable bonds is 11. The van der Waals surface area contributed by atoms with Crippen molar-refractivity contribution in [2.75, 3.05) is 57.8 Å². The first-order valence-electron chi connectivity index (χ1n) is 15.8. The molecule has 232 valence electrons. The largest absolute Gasteiger partial charge is 0.369 e. The van der Waals surface area contributed by atoms with Crippen molar-refractivity contribution in [2.45, 2.75) is 44.3 Å². The molecule has 0 bridgehead atoms. The first-order valence-corrected chi connectivity index (χ1v) is 16.6. The van der Waals surface area contributed by atoms with E-state index in [4.69, 9.17) is 33.2 Å². The molecule has 3 heterocycles. The third-order valence-corrected chi connectivity index (χ3v) is 9.50. The smallest absolute Gasteiger partial charge is 0.145 e. The van der Waals surface area contributed by atoms with Crippen LogP contribution in [0, 0.1) is 0 Å². The lowest BCUT2D eigenvalue weighted by Crippen LogP contribution is -2.47. The van der Waals surface area contributed by atoms with Crippen LogP contribution in [0.3, 0.4) is 0 Å². The number of halogens is 3. The lowest BCUT2D eigenvalue weighted by atomic mass is 9.96. The Kier molecular flexibility index (Phi) is 10.6. The van der Waals surface area contributed by atoms with Crippen molar-refractivity contribution in [3.8, 4) is 0 Å². The molecule has 44 heavy (non-hydrogen) atoms. The molecule has 0 radical (unpaired) electrons. The molecule has 2 saturated heterocycles. The topological polar surface area (TPSA) is 47.5 Å². The average molecular weight is 636 g/mol. The maximum absolute atomic E-state index is 13.5. The third-order valence-electron chi connectivity index (χ3n) is 9.00. The summed E-state index contributed by atoms with van der Waals surface area (Å²) in [6.45, 7) is 6.85. The van der Waals surface area contributed by atoms with E-state index in [1.807, 2.05) is 36.4 Å². The number of nitrogens with one attached hydrogen (secondary N) is 1. The van der Waals surface area contributed by atoms with E-state index in [2.05, 4.69) is 56.4 Å². The van der Waals surface area contributed by atoms with Crippen LogP contribution in [-0.4, -0.2) is 83.2 Å². The summed E-state index contributed by atoms with van der Waals surface area (Å²) in [4.78, 5) is 17.2. The van der Waals surface area contributed by atoms with Crippen molar-refractivity contribution in [3.63, 3.8) is 0 Å². The van der Waals surface area contributed by atoms with E-state index in [1.165, 1.54) is 17.5 Å². The van der Waals surface area contributed by atoms with Crippen molar-refractivity contribution in [1.29, 1.82) is 0 Å². The van der Waals surface area contributed by atoms with Crippen LogP contribution in [0.4, 0.5) is 10.2 Å². The van der Waals surface area contributed by atoms with Crippen molar-refractivity contribution in [3.05, 3.63) is 99.8 Å². The Hall–Kier alpha value is -2.81. The Morgan fingerprint density at radius 3 is 2.18 bits per heavy atom. The standard InChI is InChI=1S/C35H41Cl2FN6/c36-28-13-9-26(10-14-28)34(27-11-15-29(37)16-12-27)44-22-20-42(21-23-44)25-33-40-32-8-2-1-7-31(32)35(41-33)39-17-5-19-43-18-4-3-6-30(43)24-38/h1-2,7-16,30,34H,3-6,17-25H2,(H,39,40,41). The number of alkyl halides is 1. The number of para-hydroxylation sites is 1. The van der Waals surface area contributed by atoms with E-state index in [1.54, 1.807) is 0 Å². The van der Waals surface area contributed by atoms with Gasteiger partial charge in [-0.3, -0.25) is 14.7 Å². The molecule has 1 atom stereocenters. The second kappa shape index (κ2) is 15.0. The van der Waals surface area contributed by atoms with Crippen LogP contribution >= 0.6 is 23.2 Å². The Balaban J connectivity index is 1.10. The number of nitrogens with zero attached hydrogens (tertiary/aromatic N) is 5. The molecular weight excluding hydrogens is 594 g/mol. The Morgan fingerprint density at radius 2 is 1.50 bits per heavy atom. The number of piperidine rings is 1. The summed E-state index contributed by atoms with van der Waals surface area (Å²) in [6.07, 6.45) is 4.23. The summed E-state index contributed by atoms with van der Waals surface area (Å²) in [7, 11) is 0. The monoisotopic (exact) mass is 634 g/mol. The fourth-order valence-corrected chi connectivity index (χ4v) is 6.88. The molecule has 4 aromatic rings. The highest BCUT2D eigenvalue weighted by atomic mass is 35.5. The maximum Gasteiger partial charge on any atom is 0.145 e. The Labute approximate surface area is 270 Å². The molecule has 1 unspecified atom stereocenters. The number of benzene rings is 3. The number of hydrogen-bond acceptors (Lipinski definition) is 6. The molecule has 2 fully saturated rings. The normalized spacial score (nSPS) is 18.7. The minimum absolute atomic E-state index is 0.0864. The van der Waals surface area contributed by atoms with Crippen LogP contribution < -0.4 is 5.32 Å². The molecule has 0 aliphatic carbocycles. The van der Waals surface area contributed by atoms with Gasteiger partial charge in [0, 0.05) is 60.7 Å². The molecule has 3 aromatic carbocycles. The van der Waals surface area contributed by atoms with Crippen LogP contribution in [0.5, 0.6) is 0 Å². The second-order valence-electron chi connectivity index (χ2n) is 11.9. The quantitative estimate of drug-likeness (QED) is 0.173. The number of likely N-dealkylation sites (tertiary alicyclic amines) is 1. The van der Waals surface area contributed by atoms with Crippen molar-refractivity contribution in [2.24, 2.45) is 0 Å². The number of hydrogen-bond donors (Lipinski definition) is 1. The van der Waals surface area contributed by atoms with Gasteiger partial charge in [-0.25, -0.2) is 14.4 Å². The first kappa shape index (κ1) is 31.2. The van der Waals surface area contributed by atoms with Crippen molar-refractivity contribution < 1.29 is 4.39 Å². The molecule has 6 nitrogen and oxygen atoms in total. The summed E-state index contributed by atoms with van der Waals surface area (Å²) in [5.74, 6) is 1.72. The van der Waals surface area contributed by atoms with Gasteiger partial charge in [-0.1, -0.05) is 66.0 Å². The number of fused-ring (bicyclic) bond motifs is 1. The van der Waals surface area contributed by atoms with Gasteiger partial charge in [-0.15, -0.1) is 0 Å². The Morgan fingerprint density at radius 1 is 0.818 bits per heavy atom. The van der Waals surface area contributed by atoms with Crippen LogP contribution in [0.1, 0.15) is 48.7 Å². The van der Waals surface area contributed by atoms with Crippen LogP contribution in [0.2, 0.25) is 10.0 Å². The zero-order valence-corrected chi connectivity index (χ0v) is 26.7. The highest BCUT2D eigenvalue weighted by Crippen LogP contribution is 2.31. The van der Waals surface area contributed by atoms with E-state index in [0.717, 1.165) is 97.7 Å². The van der Waals surface area contributed by atoms with Gasteiger partial charge in [0.2, 0.25) is 0 Å². The van der Waals surface area contributed by atoms with Crippen molar-refractivity contribution in [1.82, 2.24) is 24.7 Å². The Bertz CT molecular complexity index is 1450. The molecular formula is C35H41Cl2FN6. The number of piperazine rings is 1. The predicted molar refractivity (Wildman–Crippen MR) is 179 cm³/mol. The summed E-state index contributed by atoms with van der Waals surface area (Å²) in [6, 6.07) is 24.8. The average Bonchev–Trinajstić information content (AvgIpc) is 3.06. The van der Waals surface area contributed by atoms with Gasteiger partial charge >= 0.3 is 0 Å². The maximum atomic E-state index is 13.5. The van der Waals surface area contributed by atoms with Gasteiger partial charge in [-0.2, -0.15) is 0 Å². The zero-order valence-electron chi connectivity index (χ0n) is 25.1. The summed E-state index contributed by atoms with van der Waals surface area (Å²) < 4.78 is 13.5. The van der Waals surface area contributed by atoms with Crippen LogP contribution in [0.15, 0.2) is 72.8 Å². The third kappa shape index (κ3) is 7.69. The molecule has 0 amide bonds. The minimum atomic E-state index is -0.246. The van der Waals surface area contributed by atoms with Crippen LogP contribution in [-0.2, 0) is 6.54 Å². The number of anilines is 1. The van der Waals surface area contributed by atoms with Crippen molar-refractivity contribution >= 4 is 39.9 Å². The van der Waals surface area contributed by atoms with Crippen LogP contribution in [0.25, 0.3) is 10.9 Å². The molecule has 6 rings (SSSR count). The summed E-state index contributed by atoms with van der Waals surface area (Å²) in [5, 5.41) is 6.11. The van der Waals surface area contributed by atoms with Gasteiger partial charge < -0.3 is 5.32 Å². The zero-order chi connectivity index (χ0) is 30.3. The van der Waals surface area contributed by atoms with Gasteiger partial charge in [0.1, 0.15) is 18.3 Å². The first-order chi connectivity index (χ1) is 21.6. The molecule has 2 aliphatic rings. The highest BCUT2D eigenvalue weighted by molar-refractivity contribution is 6.30. The highest BCUT2D eigenvalue weighted by Gasteiger charge is 2.27. The molecule has 2 aliphatic heterocycles. The molecule has 0 saturated carbocycles. The summed E-state index contributed by atoms with van der Waals surface area (Å²) >= 11 is 12.4. The number of aromatic nitrogens is 2. The van der Waals surface area contributed by atoms with E-state index in [9.17, 15) is 4.39 Å². The second-order valence-corrected chi connectivity index (χ2v) is 12.8. The van der Waals surface area contributed by atoms with Gasteiger partial charge in [0.15, 0.2) is 0 Å². The van der Waals surface area contributed by atoms with Gasteiger partial charge in [-0.05, 0) is 73.3 Å². The lowest BCUT2D eigenvalue weighted by molar-refractivity contribution is 0.103. The predicted octanol–water partition coefficient (Wildman–Crippen LogP) is 7.47. The van der Waals surface area contributed by atoms with Gasteiger partial charge in [0.25, 0.3) is 0 Å². The fraction of sp³-hybridized carbons (Fsp3) is 0.429. The lowest BCUT2D eigenvalue weighted by Gasteiger charge is -2.39. The van der Waals surface area contributed by atoms with E-state index in [-0.39, 0.29) is 18.8 Å². The molecule has 1 aromatic heterocycles. The molecule has 1 N–H and O–H groups in total. The SMILES string of the molecule is FCC1CCCCN1CCCNc1nc(CN2CCN(C(c3ccc(Cl)cc3)c3ccc(Cl)cc3)CC2)nc2ccccc12. The van der Waals surface area contributed by atoms with E-state index < -0.39 is 0 Å².